The molecule has 3 heteroatoms. The molecule has 1 aromatic rings. The highest BCUT2D eigenvalue weighted by Crippen LogP contribution is 2.27. The molecule has 3 nitrogen and oxygen atoms in total. The van der Waals surface area contributed by atoms with Gasteiger partial charge in [0.25, 0.3) is 0 Å². The minimum atomic E-state index is 0.457. The van der Waals surface area contributed by atoms with Gasteiger partial charge in [0.05, 0.1) is 6.04 Å². The van der Waals surface area contributed by atoms with Crippen molar-refractivity contribution in [3.05, 3.63) is 29.8 Å². The van der Waals surface area contributed by atoms with Crippen molar-refractivity contribution in [1.29, 1.82) is 0 Å². The Labute approximate surface area is 109 Å². The van der Waals surface area contributed by atoms with Gasteiger partial charge in [-0.25, -0.2) is 4.99 Å². The van der Waals surface area contributed by atoms with Gasteiger partial charge in [-0.3, -0.25) is 0 Å². The summed E-state index contributed by atoms with van der Waals surface area (Å²) < 4.78 is 0. The Morgan fingerprint density at radius 3 is 2.78 bits per heavy atom. The van der Waals surface area contributed by atoms with E-state index in [1.807, 2.05) is 0 Å². The molecule has 96 valence electrons. The maximum absolute atomic E-state index is 6.22. The van der Waals surface area contributed by atoms with Gasteiger partial charge in [0.1, 0.15) is 0 Å². The summed E-state index contributed by atoms with van der Waals surface area (Å²) in [6, 6.07) is 9.00. The van der Waals surface area contributed by atoms with E-state index in [4.69, 9.17) is 10.7 Å². The predicted octanol–water partition coefficient (Wildman–Crippen LogP) is 2.70. The number of hydrogen-bond donors (Lipinski definition) is 1. The number of aliphatic imine (C=N–C) groups is 1. The number of nitrogens with zero attached hydrogens (tertiary/aromatic N) is 2. The quantitative estimate of drug-likeness (QED) is 0.608. The van der Waals surface area contributed by atoms with Crippen molar-refractivity contribution < 1.29 is 0 Å². The van der Waals surface area contributed by atoms with Gasteiger partial charge >= 0.3 is 0 Å². The van der Waals surface area contributed by atoms with Crippen molar-refractivity contribution in [3.8, 4) is 0 Å². The van der Waals surface area contributed by atoms with Gasteiger partial charge in [0.2, 0.25) is 0 Å². The maximum atomic E-state index is 6.22. The van der Waals surface area contributed by atoms with Crippen LogP contribution in [0.1, 0.15) is 37.7 Å². The van der Waals surface area contributed by atoms with Gasteiger partial charge in [-0.1, -0.05) is 31.0 Å². The number of aryl methyl sites for hydroxylation is 1. The fourth-order valence-corrected chi connectivity index (χ4v) is 3.06. The molecule has 1 aliphatic carbocycles. The van der Waals surface area contributed by atoms with Crippen LogP contribution in [0.5, 0.6) is 0 Å². The van der Waals surface area contributed by atoms with Crippen LogP contribution in [0.3, 0.4) is 0 Å². The van der Waals surface area contributed by atoms with Gasteiger partial charge in [-0.15, -0.1) is 0 Å². The van der Waals surface area contributed by atoms with Gasteiger partial charge in [-0.05, 0) is 37.3 Å². The Morgan fingerprint density at radius 2 is 1.94 bits per heavy atom. The zero-order chi connectivity index (χ0) is 12.4. The Bertz CT molecular complexity index is 447. The number of para-hydroxylation sites is 1. The molecule has 3 rings (SSSR count). The highest BCUT2D eigenvalue weighted by atomic mass is 15.3. The van der Waals surface area contributed by atoms with Crippen molar-refractivity contribution in [1.82, 2.24) is 0 Å². The molecule has 0 saturated heterocycles. The fraction of sp³-hybridized carbons (Fsp3) is 0.533. The number of guanidine groups is 1. The van der Waals surface area contributed by atoms with Crippen molar-refractivity contribution in [2.45, 2.75) is 44.6 Å². The molecule has 0 amide bonds. The summed E-state index contributed by atoms with van der Waals surface area (Å²) >= 11 is 0. The summed E-state index contributed by atoms with van der Waals surface area (Å²) in [6.45, 7) is 0.999. The minimum Gasteiger partial charge on any atom is -0.370 e. The van der Waals surface area contributed by atoms with Crippen LogP contribution in [0.4, 0.5) is 5.69 Å². The van der Waals surface area contributed by atoms with Gasteiger partial charge in [-0.2, -0.15) is 0 Å². The number of benzene rings is 1. The summed E-state index contributed by atoms with van der Waals surface area (Å²) in [5.41, 5.74) is 8.87. The predicted molar refractivity (Wildman–Crippen MR) is 76.0 cm³/mol. The smallest absolute Gasteiger partial charge is 0.196 e. The molecular weight excluding hydrogens is 222 g/mol. The van der Waals surface area contributed by atoms with Crippen LogP contribution in [0.15, 0.2) is 29.3 Å². The third-order valence-corrected chi connectivity index (χ3v) is 4.03. The molecule has 0 unspecified atom stereocenters. The van der Waals surface area contributed by atoms with E-state index in [1.54, 1.807) is 0 Å². The Kier molecular flexibility index (Phi) is 3.22. The first-order chi connectivity index (χ1) is 8.84. The van der Waals surface area contributed by atoms with Crippen LogP contribution < -0.4 is 10.6 Å². The normalized spacial score (nSPS) is 21.1. The number of hydrogen-bond acceptors (Lipinski definition) is 1. The molecule has 2 aliphatic rings. The minimum absolute atomic E-state index is 0.457. The number of anilines is 1. The maximum Gasteiger partial charge on any atom is 0.196 e. The molecule has 1 aromatic carbocycles. The van der Waals surface area contributed by atoms with Crippen LogP contribution in [0, 0.1) is 0 Å². The lowest BCUT2D eigenvalue weighted by atomic mass is 10.0. The molecule has 0 aromatic heterocycles. The summed E-state index contributed by atoms with van der Waals surface area (Å²) in [7, 11) is 0. The summed E-state index contributed by atoms with van der Waals surface area (Å²) in [5, 5.41) is 0. The lowest BCUT2D eigenvalue weighted by molar-refractivity contribution is 0.695. The third-order valence-electron chi connectivity index (χ3n) is 4.03. The van der Waals surface area contributed by atoms with E-state index < -0.39 is 0 Å². The Balaban J connectivity index is 1.84. The summed E-state index contributed by atoms with van der Waals surface area (Å²) in [6.07, 6.45) is 7.34. The number of rotatable bonds is 1. The zero-order valence-electron chi connectivity index (χ0n) is 10.8. The lowest BCUT2D eigenvalue weighted by Crippen LogP contribution is -2.41. The largest absolute Gasteiger partial charge is 0.370 e. The Morgan fingerprint density at radius 1 is 1.17 bits per heavy atom. The summed E-state index contributed by atoms with van der Waals surface area (Å²) in [5.74, 6) is 0.717. The second-order valence-electron chi connectivity index (χ2n) is 5.31. The lowest BCUT2D eigenvalue weighted by Gasteiger charge is -2.30. The highest BCUT2D eigenvalue weighted by molar-refractivity contribution is 5.96. The van der Waals surface area contributed by atoms with Crippen LogP contribution in [0.2, 0.25) is 0 Å². The standard InChI is InChI=1S/C15H21N3/c16-15(17-13-8-2-3-9-13)18-11-5-7-12-6-1-4-10-14(12)18/h1,4,6,10,13H,2-3,5,7-9,11H2,(H2,16,17). The highest BCUT2D eigenvalue weighted by Gasteiger charge is 2.21. The fourth-order valence-electron chi connectivity index (χ4n) is 3.06. The molecule has 0 bridgehead atoms. The van der Waals surface area contributed by atoms with Crippen LogP contribution in [-0.2, 0) is 6.42 Å². The molecule has 18 heavy (non-hydrogen) atoms. The molecule has 0 spiro atoms. The van der Waals surface area contributed by atoms with Crippen LogP contribution in [-0.4, -0.2) is 18.5 Å². The van der Waals surface area contributed by atoms with E-state index >= 15 is 0 Å². The SMILES string of the molecule is NC(=NC1CCCC1)N1CCCc2ccccc21. The van der Waals surface area contributed by atoms with E-state index in [1.165, 1.54) is 36.9 Å². The van der Waals surface area contributed by atoms with Crippen LogP contribution >= 0.6 is 0 Å². The summed E-state index contributed by atoms with van der Waals surface area (Å²) in [4.78, 5) is 6.91. The third kappa shape index (κ3) is 2.22. The van der Waals surface area contributed by atoms with Crippen molar-refractivity contribution in [3.63, 3.8) is 0 Å². The van der Waals surface area contributed by atoms with Crippen molar-refractivity contribution in [2.75, 3.05) is 11.4 Å². The Hall–Kier alpha value is -1.51. The van der Waals surface area contributed by atoms with E-state index in [-0.39, 0.29) is 0 Å². The second-order valence-corrected chi connectivity index (χ2v) is 5.31. The second kappa shape index (κ2) is 5.01. The first-order valence-electron chi connectivity index (χ1n) is 7.03. The molecule has 0 atom stereocenters. The van der Waals surface area contributed by atoms with E-state index in [9.17, 15) is 0 Å². The molecule has 1 heterocycles. The molecule has 1 aliphatic heterocycles. The first-order valence-corrected chi connectivity index (χ1v) is 7.03. The molecule has 1 saturated carbocycles. The van der Waals surface area contributed by atoms with E-state index in [0.29, 0.717) is 12.0 Å². The molecule has 1 fully saturated rings. The molecule has 0 radical (unpaired) electrons. The number of fused-ring (bicyclic) bond motifs is 1. The van der Waals surface area contributed by atoms with Crippen molar-refractivity contribution in [2.24, 2.45) is 10.7 Å². The topological polar surface area (TPSA) is 41.6 Å². The van der Waals surface area contributed by atoms with Crippen LogP contribution in [0.25, 0.3) is 0 Å². The number of nitrogens with two attached hydrogens (primary N) is 1. The van der Waals surface area contributed by atoms with E-state index in [2.05, 4.69) is 29.2 Å². The van der Waals surface area contributed by atoms with Gasteiger partial charge < -0.3 is 10.6 Å². The van der Waals surface area contributed by atoms with Crippen molar-refractivity contribution >= 4 is 11.6 Å². The zero-order valence-corrected chi connectivity index (χ0v) is 10.8. The van der Waals surface area contributed by atoms with Gasteiger partial charge in [0.15, 0.2) is 5.96 Å². The van der Waals surface area contributed by atoms with E-state index in [0.717, 1.165) is 19.4 Å². The molecular formula is C15H21N3. The monoisotopic (exact) mass is 243 g/mol. The average Bonchev–Trinajstić information content (AvgIpc) is 2.91. The first kappa shape index (κ1) is 11.6. The van der Waals surface area contributed by atoms with Gasteiger partial charge in [0, 0.05) is 12.2 Å². The molecule has 2 N–H and O–H groups in total. The average molecular weight is 243 g/mol.